The van der Waals surface area contributed by atoms with Crippen LogP contribution in [0.5, 0.6) is 5.88 Å². The number of carbonyl (C=O) groups excluding carboxylic acids is 1. The van der Waals surface area contributed by atoms with Crippen molar-refractivity contribution in [2.24, 2.45) is 0 Å². The molecule has 3 N–H and O–H groups in total. The SMILES string of the molecule is COCCN1C[C@@H](NC(=O)Nc2c(C)c(OC[C@H](C)O)nn2-c2ccccc2)[C@H](c2ccc(F)c(F)c2)C1. The highest BCUT2D eigenvalue weighted by Crippen LogP contribution is 2.31. The van der Waals surface area contributed by atoms with Gasteiger partial charge in [-0.15, -0.1) is 5.10 Å². The summed E-state index contributed by atoms with van der Waals surface area (Å²) in [6.07, 6.45) is -0.687. The maximum absolute atomic E-state index is 14.0. The van der Waals surface area contributed by atoms with Gasteiger partial charge in [-0.2, -0.15) is 0 Å². The lowest BCUT2D eigenvalue weighted by molar-refractivity contribution is 0.119. The average Bonchev–Trinajstić information content (AvgIpc) is 3.44. The van der Waals surface area contributed by atoms with E-state index in [-0.39, 0.29) is 24.4 Å². The van der Waals surface area contributed by atoms with Crippen LogP contribution in [0.2, 0.25) is 0 Å². The fourth-order valence-electron chi connectivity index (χ4n) is 4.54. The molecule has 2 amide bonds. The minimum absolute atomic E-state index is 0.0492. The van der Waals surface area contributed by atoms with Crippen LogP contribution in [0, 0.1) is 18.6 Å². The van der Waals surface area contributed by atoms with Crippen molar-refractivity contribution in [2.75, 3.05) is 45.3 Å². The summed E-state index contributed by atoms with van der Waals surface area (Å²) in [5.41, 5.74) is 1.91. The molecule has 3 atom stereocenters. The molecule has 38 heavy (non-hydrogen) atoms. The van der Waals surface area contributed by atoms with E-state index in [0.29, 0.717) is 48.9 Å². The molecule has 1 saturated heterocycles. The summed E-state index contributed by atoms with van der Waals surface area (Å²) in [5, 5.41) is 20.0. The molecule has 0 aliphatic carbocycles. The van der Waals surface area contributed by atoms with E-state index in [2.05, 4.69) is 20.6 Å². The third-order valence-corrected chi connectivity index (χ3v) is 6.47. The number of methoxy groups -OCH3 is 1. The number of anilines is 1. The van der Waals surface area contributed by atoms with Gasteiger partial charge in [-0.25, -0.2) is 18.3 Å². The minimum Gasteiger partial charge on any atom is -0.474 e. The van der Waals surface area contributed by atoms with E-state index in [1.165, 1.54) is 6.07 Å². The zero-order valence-corrected chi connectivity index (χ0v) is 21.7. The molecule has 1 fully saturated rings. The summed E-state index contributed by atoms with van der Waals surface area (Å²) in [5.74, 6) is -1.39. The fraction of sp³-hybridized carbons (Fsp3) is 0.407. The first-order chi connectivity index (χ1) is 18.3. The molecular formula is C27H33F2N5O4. The van der Waals surface area contributed by atoms with Crippen LogP contribution < -0.4 is 15.4 Å². The van der Waals surface area contributed by atoms with Crippen molar-refractivity contribution in [2.45, 2.75) is 31.9 Å². The average molecular weight is 530 g/mol. The third-order valence-electron chi connectivity index (χ3n) is 6.47. The van der Waals surface area contributed by atoms with Crippen molar-refractivity contribution in [1.29, 1.82) is 0 Å². The number of amides is 2. The number of nitrogens with zero attached hydrogens (tertiary/aromatic N) is 3. The molecule has 0 radical (unpaired) electrons. The Kier molecular flexibility index (Phi) is 8.93. The zero-order valence-electron chi connectivity index (χ0n) is 21.7. The third kappa shape index (κ3) is 6.47. The number of rotatable bonds is 10. The van der Waals surface area contributed by atoms with Gasteiger partial charge in [0.1, 0.15) is 12.4 Å². The summed E-state index contributed by atoms with van der Waals surface area (Å²) in [6, 6.07) is 12.3. The van der Waals surface area contributed by atoms with Crippen LogP contribution in [0.15, 0.2) is 48.5 Å². The standard InChI is InChI=1S/C27H33F2N5O4/c1-17(35)16-38-26-18(2)25(34(32-26)20-7-5-4-6-8-20)31-27(36)30-24-15-33(11-12-37-3)14-21(24)19-9-10-22(28)23(29)13-19/h4-10,13,17,21,24,35H,11-12,14-16H2,1-3H3,(H2,30,31,36)/t17-,21-,24+/m0/s1. The van der Waals surface area contributed by atoms with Crippen molar-refractivity contribution in [3.63, 3.8) is 0 Å². The number of aliphatic hydroxyl groups excluding tert-OH is 1. The summed E-state index contributed by atoms with van der Waals surface area (Å²) in [7, 11) is 1.61. The van der Waals surface area contributed by atoms with E-state index in [1.807, 2.05) is 30.3 Å². The molecular weight excluding hydrogens is 496 g/mol. The number of ether oxygens (including phenoxy) is 2. The Hall–Kier alpha value is -3.54. The van der Waals surface area contributed by atoms with Gasteiger partial charge in [-0.3, -0.25) is 10.2 Å². The first-order valence-electron chi connectivity index (χ1n) is 12.5. The topological polar surface area (TPSA) is 101 Å². The molecule has 2 aromatic carbocycles. The Balaban J connectivity index is 1.56. The second-order valence-corrected chi connectivity index (χ2v) is 9.42. The van der Waals surface area contributed by atoms with E-state index in [0.717, 1.165) is 6.07 Å². The maximum atomic E-state index is 14.0. The highest BCUT2D eigenvalue weighted by atomic mass is 19.2. The molecule has 1 aromatic heterocycles. The predicted octanol–water partition coefficient (Wildman–Crippen LogP) is 3.45. The lowest BCUT2D eigenvalue weighted by atomic mass is 9.94. The number of aromatic nitrogens is 2. The Morgan fingerprint density at radius 3 is 2.63 bits per heavy atom. The monoisotopic (exact) mass is 529 g/mol. The van der Waals surface area contributed by atoms with Crippen molar-refractivity contribution in [1.82, 2.24) is 20.0 Å². The van der Waals surface area contributed by atoms with Gasteiger partial charge < -0.3 is 19.9 Å². The highest BCUT2D eigenvalue weighted by molar-refractivity contribution is 5.90. The van der Waals surface area contributed by atoms with Crippen LogP contribution in [0.25, 0.3) is 5.69 Å². The van der Waals surface area contributed by atoms with E-state index < -0.39 is 23.8 Å². The molecule has 2 heterocycles. The molecule has 0 unspecified atom stereocenters. The molecule has 204 valence electrons. The first-order valence-corrected chi connectivity index (χ1v) is 12.5. The molecule has 11 heteroatoms. The number of hydrogen-bond donors (Lipinski definition) is 3. The molecule has 3 aromatic rings. The number of carbonyl (C=O) groups is 1. The van der Waals surface area contributed by atoms with E-state index >= 15 is 0 Å². The summed E-state index contributed by atoms with van der Waals surface area (Å²) >= 11 is 0. The predicted molar refractivity (Wildman–Crippen MR) is 139 cm³/mol. The Morgan fingerprint density at radius 1 is 1.18 bits per heavy atom. The number of likely N-dealkylation sites (tertiary alicyclic amines) is 1. The Morgan fingerprint density at radius 2 is 1.95 bits per heavy atom. The van der Waals surface area contributed by atoms with Gasteiger partial charge in [0.05, 0.1) is 30.0 Å². The van der Waals surface area contributed by atoms with Crippen LogP contribution in [0.4, 0.5) is 19.4 Å². The van der Waals surface area contributed by atoms with Gasteiger partial charge in [0.15, 0.2) is 11.6 Å². The molecule has 0 saturated carbocycles. The smallest absolute Gasteiger partial charge is 0.320 e. The zero-order chi connectivity index (χ0) is 27.2. The Bertz CT molecular complexity index is 1240. The van der Waals surface area contributed by atoms with Crippen LogP contribution >= 0.6 is 0 Å². The van der Waals surface area contributed by atoms with Gasteiger partial charge in [0.2, 0.25) is 5.88 Å². The number of benzene rings is 2. The van der Waals surface area contributed by atoms with Crippen molar-refractivity contribution >= 4 is 11.8 Å². The van der Waals surface area contributed by atoms with Crippen LogP contribution in [0.3, 0.4) is 0 Å². The van der Waals surface area contributed by atoms with E-state index in [1.54, 1.807) is 31.7 Å². The molecule has 0 spiro atoms. The second kappa shape index (κ2) is 12.3. The van der Waals surface area contributed by atoms with Gasteiger partial charge >= 0.3 is 6.03 Å². The minimum atomic E-state index is -0.923. The number of hydrogen-bond acceptors (Lipinski definition) is 6. The number of nitrogens with one attached hydrogen (secondary N) is 2. The number of urea groups is 1. The van der Waals surface area contributed by atoms with E-state index in [4.69, 9.17) is 9.47 Å². The van der Waals surface area contributed by atoms with Gasteiger partial charge in [0.25, 0.3) is 0 Å². The number of aliphatic hydroxyl groups is 1. The molecule has 0 bridgehead atoms. The fourth-order valence-corrected chi connectivity index (χ4v) is 4.54. The summed E-state index contributed by atoms with van der Waals surface area (Å²) in [4.78, 5) is 15.4. The van der Waals surface area contributed by atoms with Crippen LogP contribution in [0.1, 0.15) is 24.0 Å². The lowest BCUT2D eigenvalue weighted by Crippen LogP contribution is -2.42. The van der Waals surface area contributed by atoms with Crippen molar-refractivity contribution in [3.8, 4) is 11.6 Å². The highest BCUT2D eigenvalue weighted by Gasteiger charge is 2.35. The van der Waals surface area contributed by atoms with Crippen LogP contribution in [-0.4, -0.2) is 77.9 Å². The quantitative estimate of drug-likeness (QED) is 0.372. The molecule has 9 nitrogen and oxygen atoms in total. The number of para-hydroxylation sites is 1. The van der Waals surface area contributed by atoms with Crippen LogP contribution in [-0.2, 0) is 4.74 Å². The lowest BCUT2D eigenvalue weighted by Gasteiger charge is -2.21. The molecule has 4 rings (SSSR count). The normalized spacial score (nSPS) is 18.4. The van der Waals surface area contributed by atoms with Crippen molar-refractivity contribution in [3.05, 3.63) is 71.3 Å². The second-order valence-electron chi connectivity index (χ2n) is 9.42. The molecule has 1 aliphatic rings. The van der Waals surface area contributed by atoms with Gasteiger partial charge in [0, 0.05) is 32.7 Å². The summed E-state index contributed by atoms with van der Waals surface area (Å²) in [6.45, 7) is 5.64. The van der Waals surface area contributed by atoms with E-state index in [9.17, 15) is 18.7 Å². The first kappa shape index (κ1) is 27.5. The summed E-state index contributed by atoms with van der Waals surface area (Å²) < 4.78 is 40.0. The van der Waals surface area contributed by atoms with Gasteiger partial charge in [-0.05, 0) is 43.7 Å². The largest absolute Gasteiger partial charge is 0.474 e. The van der Waals surface area contributed by atoms with Gasteiger partial charge in [-0.1, -0.05) is 24.3 Å². The maximum Gasteiger partial charge on any atom is 0.320 e. The molecule has 1 aliphatic heterocycles. The van der Waals surface area contributed by atoms with Crippen molar-refractivity contribution < 1.29 is 28.2 Å². The Labute approximate surface area is 220 Å². The number of halogens is 2.